The van der Waals surface area contributed by atoms with Gasteiger partial charge in [-0.05, 0) is 6.07 Å². The van der Waals surface area contributed by atoms with Crippen LogP contribution >= 0.6 is 0 Å². The quantitative estimate of drug-likeness (QED) is 0.674. The maximum absolute atomic E-state index is 4.06. The number of rotatable bonds is 1. The molecule has 1 heterocycles. The first-order valence-electron chi connectivity index (χ1n) is 3.52. The van der Waals surface area contributed by atoms with Gasteiger partial charge < -0.3 is 0 Å². The van der Waals surface area contributed by atoms with Crippen LogP contribution in [0.4, 0.5) is 0 Å². The molecule has 60 valence electrons. The smallest absolute Gasteiger partial charge is 0.0920 e. The minimum atomic E-state index is 0. The zero-order valence-electron chi connectivity index (χ0n) is 5.99. The van der Waals surface area contributed by atoms with Gasteiger partial charge in [0.2, 0.25) is 0 Å². The molecule has 0 radical (unpaired) electrons. The Hall–Kier alpha value is 1.43. The second kappa shape index (κ2) is 9.64. The number of nitrogens with zero attached hydrogens (tertiary/aromatic N) is 1. The molecule has 1 N–H and O–H groups in total. The molecule has 2 aromatic rings. The fraction of sp³-hybridized carbons (Fsp3) is 0. The van der Waals surface area contributed by atoms with Crippen molar-refractivity contribution in [3.8, 4) is 11.3 Å². The molecule has 5 heteroatoms. The molecule has 0 saturated heterocycles. The minimum absolute atomic E-state index is 0. The van der Waals surface area contributed by atoms with Crippen molar-refractivity contribution >= 4 is 88.7 Å². The van der Waals surface area contributed by atoms with Gasteiger partial charge in [-0.25, -0.2) is 0 Å². The number of nitrogens with one attached hydrogen (secondary N) is 1. The van der Waals surface area contributed by atoms with E-state index in [4.69, 9.17) is 0 Å². The molecule has 0 unspecified atom stereocenters. The monoisotopic (exact) mass is 216 g/mol. The second-order valence-corrected chi connectivity index (χ2v) is 2.33. The minimum Gasteiger partial charge on any atom is -0.285 e. The molecule has 0 bridgehead atoms. The van der Waals surface area contributed by atoms with E-state index in [9.17, 15) is 0 Å². The van der Waals surface area contributed by atoms with Crippen LogP contribution in [0.15, 0.2) is 42.6 Å². The summed E-state index contributed by atoms with van der Waals surface area (Å²) in [6.45, 7) is 0. The summed E-state index contributed by atoms with van der Waals surface area (Å²) in [6.07, 6.45) is 1.82. The van der Waals surface area contributed by atoms with Crippen molar-refractivity contribution in [1.29, 1.82) is 0 Å². The van der Waals surface area contributed by atoms with Crippen LogP contribution in [0.3, 0.4) is 0 Å². The molecule has 1 aromatic carbocycles. The zero-order valence-corrected chi connectivity index (χ0v) is 5.99. The van der Waals surface area contributed by atoms with Crippen molar-refractivity contribution in [3.63, 3.8) is 0 Å². The largest absolute Gasteiger partial charge is 0.285 e. The Morgan fingerprint density at radius 1 is 0.857 bits per heavy atom. The molecule has 0 saturated carbocycles. The third-order valence-corrected chi connectivity index (χ3v) is 1.57. The van der Waals surface area contributed by atoms with Gasteiger partial charge >= 0.3 is 88.7 Å². The molecular weight excluding hydrogens is 205 g/mol. The SMILES string of the molecule is [NaH].[NaH].[NaH].c1ccc(-c2cc[nH]n2)cc1. The van der Waals surface area contributed by atoms with Gasteiger partial charge in [0.05, 0.1) is 5.69 Å². The van der Waals surface area contributed by atoms with Gasteiger partial charge in [0.25, 0.3) is 0 Å². The summed E-state index contributed by atoms with van der Waals surface area (Å²) in [7, 11) is 0. The summed E-state index contributed by atoms with van der Waals surface area (Å²) in [6, 6.07) is 12.0. The molecule has 14 heavy (non-hydrogen) atoms. The second-order valence-electron chi connectivity index (χ2n) is 2.33. The molecule has 0 amide bonds. The van der Waals surface area contributed by atoms with Gasteiger partial charge in [-0.2, -0.15) is 5.10 Å². The van der Waals surface area contributed by atoms with Crippen LogP contribution in [-0.2, 0) is 0 Å². The molecular formula is C9H11N2Na3. The number of aromatic amines is 1. The average Bonchev–Trinajstić information content (AvgIpc) is 2.58. The molecule has 0 aliphatic carbocycles. The summed E-state index contributed by atoms with van der Waals surface area (Å²) in [5.41, 5.74) is 2.14. The van der Waals surface area contributed by atoms with E-state index in [0.29, 0.717) is 0 Å². The molecule has 0 aliphatic heterocycles. The van der Waals surface area contributed by atoms with E-state index in [-0.39, 0.29) is 88.7 Å². The Morgan fingerprint density at radius 3 is 2.00 bits per heavy atom. The number of H-pyrrole nitrogens is 1. The molecule has 0 atom stereocenters. The van der Waals surface area contributed by atoms with Gasteiger partial charge in [-0.3, -0.25) is 5.10 Å². The summed E-state index contributed by atoms with van der Waals surface area (Å²) in [5.74, 6) is 0. The van der Waals surface area contributed by atoms with Crippen LogP contribution in [0.1, 0.15) is 0 Å². The van der Waals surface area contributed by atoms with E-state index < -0.39 is 0 Å². The first-order valence-corrected chi connectivity index (χ1v) is 3.52. The fourth-order valence-electron chi connectivity index (χ4n) is 1.03. The van der Waals surface area contributed by atoms with Gasteiger partial charge in [0.15, 0.2) is 0 Å². The van der Waals surface area contributed by atoms with E-state index in [0.717, 1.165) is 11.3 Å². The first-order chi connectivity index (χ1) is 5.47. The van der Waals surface area contributed by atoms with Crippen molar-refractivity contribution in [2.45, 2.75) is 0 Å². The molecule has 0 spiro atoms. The van der Waals surface area contributed by atoms with Crippen molar-refractivity contribution < 1.29 is 0 Å². The number of aromatic nitrogens is 2. The Labute approximate surface area is 150 Å². The van der Waals surface area contributed by atoms with Crippen LogP contribution in [0.25, 0.3) is 11.3 Å². The predicted molar refractivity (Wildman–Crippen MR) is 65.5 cm³/mol. The topological polar surface area (TPSA) is 28.7 Å². The predicted octanol–water partition coefficient (Wildman–Crippen LogP) is 0.131. The normalized spacial score (nSPS) is 7.71. The fourth-order valence-corrected chi connectivity index (χ4v) is 1.03. The molecule has 0 aliphatic rings. The van der Waals surface area contributed by atoms with E-state index in [1.165, 1.54) is 0 Å². The van der Waals surface area contributed by atoms with Gasteiger partial charge in [0, 0.05) is 11.8 Å². The van der Waals surface area contributed by atoms with Crippen molar-refractivity contribution in [2.24, 2.45) is 0 Å². The van der Waals surface area contributed by atoms with Gasteiger partial charge in [0.1, 0.15) is 0 Å². The van der Waals surface area contributed by atoms with Crippen molar-refractivity contribution in [3.05, 3.63) is 42.6 Å². The average molecular weight is 216 g/mol. The summed E-state index contributed by atoms with van der Waals surface area (Å²) in [5, 5.41) is 6.84. The summed E-state index contributed by atoms with van der Waals surface area (Å²) in [4.78, 5) is 0. The molecule has 2 nitrogen and oxygen atoms in total. The first kappa shape index (κ1) is 17.8. The zero-order chi connectivity index (χ0) is 7.52. The third kappa shape index (κ3) is 4.97. The van der Waals surface area contributed by atoms with Crippen LogP contribution in [0.2, 0.25) is 0 Å². The summed E-state index contributed by atoms with van der Waals surface area (Å²) < 4.78 is 0. The maximum Gasteiger partial charge on any atom is 0.0920 e. The molecule has 0 fully saturated rings. The third-order valence-electron chi connectivity index (χ3n) is 1.57. The number of hydrogen-bond acceptors (Lipinski definition) is 1. The van der Waals surface area contributed by atoms with Gasteiger partial charge in [-0.15, -0.1) is 0 Å². The Kier molecular flexibility index (Phi) is 12.3. The van der Waals surface area contributed by atoms with Gasteiger partial charge in [-0.1, -0.05) is 30.3 Å². The van der Waals surface area contributed by atoms with Crippen LogP contribution in [0, 0.1) is 0 Å². The van der Waals surface area contributed by atoms with E-state index in [1.54, 1.807) is 0 Å². The Balaban J connectivity index is 0. The maximum atomic E-state index is 4.06. The van der Waals surface area contributed by atoms with Crippen molar-refractivity contribution in [2.75, 3.05) is 0 Å². The standard InChI is InChI=1S/C9H8N2.3Na.3H/c1-2-4-8(5-3-1)9-6-7-10-11-9;;;;;;/h1-7H,(H,10,11);;;;;;. The van der Waals surface area contributed by atoms with E-state index >= 15 is 0 Å². The van der Waals surface area contributed by atoms with Crippen LogP contribution < -0.4 is 0 Å². The molecule has 2 rings (SSSR count). The number of benzene rings is 1. The summed E-state index contributed by atoms with van der Waals surface area (Å²) >= 11 is 0. The Morgan fingerprint density at radius 2 is 1.50 bits per heavy atom. The van der Waals surface area contributed by atoms with Crippen LogP contribution in [-0.4, -0.2) is 98.9 Å². The molecule has 1 aromatic heterocycles. The van der Waals surface area contributed by atoms with E-state index in [2.05, 4.69) is 10.2 Å². The van der Waals surface area contributed by atoms with E-state index in [1.807, 2.05) is 42.6 Å². The number of hydrogen-bond donors (Lipinski definition) is 1. The van der Waals surface area contributed by atoms with Crippen LogP contribution in [0.5, 0.6) is 0 Å². The van der Waals surface area contributed by atoms with Crippen molar-refractivity contribution in [1.82, 2.24) is 10.2 Å². The Bertz CT molecular complexity index is 321.